The van der Waals surface area contributed by atoms with Gasteiger partial charge in [0.1, 0.15) is 11.3 Å². The predicted octanol–water partition coefficient (Wildman–Crippen LogP) is 1.29. The van der Waals surface area contributed by atoms with Crippen LogP contribution in [-0.2, 0) is 0 Å². The Balaban J connectivity index is 2.88. The van der Waals surface area contributed by atoms with Gasteiger partial charge in [0.15, 0.2) is 12.1 Å². The number of aromatic nitrogens is 2. The van der Waals surface area contributed by atoms with Crippen molar-refractivity contribution in [2.75, 3.05) is 0 Å². The van der Waals surface area contributed by atoms with E-state index in [4.69, 9.17) is 0 Å². The standard InChI is InChI=1S/C8H5FN2O/c9-6-2-1-3-11-7(6)4-10-8(11)5-12/h1-5H. The lowest BCUT2D eigenvalue weighted by atomic mass is 10.4. The molecule has 0 saturated heterocycles. The molecule has 0 fully saturated rings. The molecular formula is C8H5FN2O. The monoisotopic (exact) mass is 164 g/mol. The second-order valence-corrected chi connectivity index (χ2v) is 2.35. The molecule has 3 nitrogen and oxygen atoms in total. The van der Waals surface area contributed by atoms with E-state index in [1.807, 2.05) is 0 Å². The minimum Gasteiger partial charge on any atom is -0.295 e. The number of carbonyl (C=O) groups excluding carboxylic acids is 1. The topological polar surface area (TPSA) is 34.4 Å². The van der Waals surface area contributed by atoms with Gasteiger partial charge in [0, 0.05) is 6.20 Å². The SMILES string of the molecule is O=Cc1ncc2c(F)cccn12. The molecule has 0 aliphatic heterocycles. The van der Waals surface area contributed by atoms with E-state index < -0.39 is 0 Å². The minimum atomic E-state index is -0.377. The fourth-order valence-corrected chi connectivity index (χ4v) is 1.09. The molecule has 0 aliphatic carbocycles. The fraction of sp³-hybridized carbons (Fsp3) is 0. The van der Waals surface area contributed by atoms with Gasteiger partial charge in [-0.15, -0.1) is 0 Å². The van der Waals surface area contributed by atoms with Crippen LogP contribution in [0.25, 0.3) is 5.52 Å². The summed E-state index contributed by atoms with van der Waals surface area (Å²) in [5, 5.41) is 0. The van der Waals surface area contributed by atoms with E-state index in [1.54, 1.807) is 6.20 Å². The zero-order valence-corrected chi connectivity index (χ0v) is 6.07. The summed E-state index contributed by atoms with van der Waals surface area (Å²) in [6.07, 6.45) is 3.51. The van der Waals surface area contributed by atoms with Crippen molar-refractivity contribution in [1.29, 1.82) is 0 Å². The van der Waals surface area contributed by atoms with Gasteiger partial charge in [-0.25, -0.2) is 9.37 Å². The first-order valence-corrected chi connectivity index (χ1v) is 3.39. The molecule has 0 bridgehead atoms. The van der Waals surface area contributed by atoms with E-state index >= 15 is 0 Å². The highest BCUT2D eigenvalue weighted by Crippen LogP contribution is 2.09. The molecular weight excluding hydrogens is 159 g/mol. The van der Waals surface area contributed by atoms with Crippen molar-refractivity contribution in [3.05, 3.63) is 36.2 Å². The molecule has 0 spiro atoms. The van der Waals surface area contributed by atoms with Crippen LogP contribution < -0.4 is 0 Å². The van der Waals surface area contributed by atoms with Crippen LogP contribution in [-0.4, -0.2) is 15.7 Å². The Morgan fingerprint density at radius 2 is 2.42 bits per heavy atom. The lowest BCUT2D eigenvalue weighted by Gasteiger charge is -1.94. The van der Waals surface area contributed by atoms with Crippen LogP contribution in [0.2, 0.25) is 0 Å². The van der Waals surface area contributed by atoms with Crippen LogP contribution in [0.1, 0.15) is 10.6 Å². The van der Waals surface area contributed by atoms with Gasteiger partial charge >= 0.3 is 0 Å². The summed E-state index contributed by atoms with van der Waals surface area (Å²) in [5.41, 5.74) is 0.319. The van der Waals surface area contributed by atoms with Gasteiger partial charge < -0.3 is 0 Å². The molecule has 12 heavy (non-hydrogen) atoms. The normalized spacial score (nSPS) is 10.4. The van der Waals surface area contributed by atoms with Crippen molar-refractivity contribution in [3.8, 4) is 0 Å². The Morgan fingerprint density at radius 3 is 3.17 bits per heavy atom. The number of hydrogen-bond acceptors (Lipinski definition) is 2. The van der Waals surface area contributed by atoms with Gasteiger partial charge in [0.05, 0.1) is 6.20 Å². The summed E-state index contributed by atoms with van der Waals surface area (Å²) in [6, 6.07) is 2.85. The molecule has 0 aliphatic rings. The number of carbonyl (C=O) groups is 1. The lowest BCUT2D eigenvalue weighted by Crippen LogP contribution is -1.92. The van der Waals surface area contributed by atoms with Crippen LogP contribution in [0.3, 0.4) is 0 Å². The summed E-state index contributed by atoms with van der Waals surface area (Å²) >= 11 is 0. The van der Waals surface area contributed by atoms with Crippen molar-refractivity contribution in [2.24, 2.45) is 0 Å². The number of nitrogens with zero attached hydrogens (tertiary/aromatic N) is 2. The van der Waals surface area contributed by atoms with Crippen LogP contribution in [0.4, 0.5) is 4.39 Å². The van der Waals surface area contributed by atoms with Crippen LogP contribution in [0, 0.1) is 5.82 Å². The molecule has 2 aromatic rings. The molecule has 0 radical (unpaired) electrons. The Morgan fingerprint density at radius 1 is 1.58 bits per heavy atom. The van der Waals surface area contributed by atoms with Crippen LogP contribution in [0.15, 0.2) is 24.5 Å². The number of rotatable bonds is 1. The summed E-state index contributed by atoms with van der Waals surface area (Å²) in [6.45, 7) is 0. The van der Waals surface area contributed by atoms with Crippen molar-refractivity contribution >= 4 is 11.8 Å². The Hall–Kier alpha value is -1.71. The van der Waals surface area contributed by atoms with E-state index in [1.165, 1.54) is 22.7 Å². The molecule has 0 aromatic carbocycles. The first kappa shape index (κ1) is 6.97. The van der Waals surface area contributed by atoms with Gasteiger partial charge in [0.25, 0.3) is 0 Å². The second-order valence-electron chi connectivity index (χ2n) is 2.35. The molecule has 0 unspecified atom stereocenters. The maximum atomic E-state index is 13.0. The number of aldehydes is 1. The third-order valence-electron chi connectivity index (χ3n) is 1.65. The quantitative estimate of drug-likeness (QED) is 0.595. The van der Waals surface area contributed by atoms with Crippen LogP contribution in [0.5, 0.6) is 0 Å². The number of halogens is 1. The van der Waals surface area contributed by atoms with Crippen molar-refractivity contribution in [2.45, 2.75) is 0 Å². The summed E-state index contributed by atoms with van der Waals surface area (Å²) in [7, 11) is 0. The van der Waals surface area contributed by atoms with Gasteiger partial charge in [-0.1, -0.05) is 0 Å². The van der Waals surface area contributed by atoms with Crippen molar-refractivity contribution in [1.82, 2.24) is 9.38 Å². The fourth-order valence-electron chi connectivity index (χ4n) is 1.09. The smallest absolute Gasteiger partial charge is 0.185 e. The molecule has 2 aromatic heterocycles. The lowest BCUT2D eigenvalue weighted by molar-refractivity contribution is 0.111. The van der Waals surface area contributed by atoms with E-state index in [9.17, 15) is 9.18 Å². The highest BCUT2D eigenvalue weighted by atomic mass is 19.1. The summed E-state index contributed by atoms with van der Waals surface area (Å²) in [4.78, 5) is 14.1. The average Bonchev–Trinajstić information content (AvgIpc) is 2.49. The molecule has 2 heterocycles. The number of hydrogen-bond donors (Lipinski definition) is 0. The molecule has 0 atom stereocenters. The zero-order valence-electron chi connectivity index (χ0n) is 6.07. The Labute approximate surface area is 67.5 Å². The number of imidazole rings is 1. The van der Waals surface area contributed by atoms with Gasteiger partial charge in [-0.05, 0) is 12.1 Å². The Kier molecular flexibility index (Phi) is 1.40. The average molecular weight is 164 g/mol. The van der Waals surface area contributed by atoms with Gasteiger partial charge in [-0.3, -0.25) is 9.20 Å². The molecule has 0 N–H and O–H groups in total. The minimum absolute atomic E-state index is 0.213. The zero-order chi connectivity index (χ0) is 8.55. The van der Waals surface area contributed by atoms with Crippen LogP contribution >= 0.6 is 0 Å². The molecule has 0 amide bonds. The van der Waals surface area contributed by atoms with E-state index in [0.29, 0.717) is 11.8 Å². The first-order chi connectivity index (χ1) is 5.83. The largest absolute Gasteiger partial charge is 0.295 e. The second kappa shape index (κ2) is 2.41. The number of pyridine rings is 1. The van der Waals surface area contributed by atoms with Gasteiger partial charge in [-0.2, -0.15) is 0 Å². The van der Waals surface area contributed by atoms with Crippen molar-refractivity contribution in [3.63, 3.8) is 0 Å². The number of fused-ring (bicyclic) bond motifs is 1. The maximum absolute atomic E-state index is 13.0. The van der Waals surface area contributed by atoms with E-state index in [-0.39, 0.29) is 11.6 Å². The predicted molar refractivity (Wildman–Crippen MR) is 40.5 cm³/mol. The molecule has 2 rings (SSSR count). The molecule has 4 heteroatoms. The Bertz CT molecular complexity index is 436. The summed E-state index contributed by atoms with van der Waals surface area (Å²) in [5.74, 6) is -0.164. The molecule has 0 saturated carbocycles. The molecule has 60 valence electrons. The third kappa shape index (κ3) is 0.812. The van der Waals surface area contributed by atoms with Crippen molar-refractivity contribution < 1.29 is 9.18 Å². The third-order valence-corrected chi connectivity index (χ3v) is 1.65. The van der Waals surface area contributed by atoms with Gasteiger partial charge in [0.2, 0.25) is 0 Å². The van der Waals surface area contributed by atoms with E-state index in [0.717, 1.165) is 0 Å². The van der Waals surface area contributed by atoms with E-state index in [2.05, 4.69) is 4.98 Å². The highest BCUT2D eigenvalue weighted by molar-refractivity contribution is 5.72. The highest BCUT2D eigenvalue weighted by Gasteiger charge is 2.04. The first-order valence-electron chi connectivity index (χ1n) is 3.39. The summed E-state index contributed by atoms with van der Waals surface area (Å²) < 4.78 is 14.4. The maximum Gasteiger partial charge on any atom is 0.185 e.